The normalized spacial score (nSPS) is 17.3. The van der Waals surface area contributed by atoms with Gasteiger partial charge in [0.05, 0.1) is 23.6 Å². The van der Waals surface area contributed by atoms with Crippen LogP contribution < -0.4 is 9.80 Å². The third-order valence-corrected chi connectivity index (χ3v) is 3.82. The predicted octanol–water partition coefficient (Wildman–Crippen LogP) is 2.32. The highest BCUT2D eigenvalue weighted by Gasteiger charge is 2.33. The van der Waals surface area contributed by atoms with E-state index in [1.807, 2.05) is 13.0 Å². The Morgan fingerprint density at radius 3 is 2.68 bits per heavy atom. The van der Waals surface area contributed by atoms with E-state index in [4.69, 9.17) is 0 Å². The first kappa shape index (κ1) is 14.1. The first-order valence-corrected chi connectivity index (χ1v) is 6.92. The molecule has 1 aromatic carbocycles. The fraction of sp³-hybridized carbons (Fsp3) is 0.267. The number of carboxylic acid groups (broad SMARTS) is 1. The molecule has 7 nitrogen and oxygen atoms in total. The number of nitrogens with zero attached hydrogens (tertiary/aromatic N) is 3. The number of rotatable bonds is 1. The Balaban J connectivity index is 2.15. The molecule has 0 unspecified atom stereocenters. The average Bonchev–Trinajstić information content (AvgIpc) is 2.99. The lowest BCUT2D eigenvalue weighted by atomic mass is 10.0. The van der Waals surface area contributed by atoms with E-state index in [-0.39, 0.29) is 18.5 Å². The fourth-order valence-corrected chi connectivity index (χ4v) is 2.87. The molecular weight excluding hydrogens is 284 g/mol. The smallest absolute Gasteiger partial charge is 0.411 e. The molecule has 2 aromatic rings. The zero-order valence-electron chi connectivity index (χ0n) is 12.3. The van der Waals surface area contributed by atoms with Crippen LogP contribution in [0.4, 0.5) is 16.2 Å². The van der Waals surface area contributed by atoms with Gasteiger partial charge in [-0.3, -0.25) is 14.8 Å². The summed E-state index contributed by atoms with van der Waals surface area (Å²) in [6.45, 7) is 3.57. The summed E-state index contributed by atoms with van der Waals surface area (Å²) in [6, 6.07) is 5.21. The lowest BCUT2D eigenvalue weighted by Crippen LogP contribution is -2.51. The second-order valence-corrected chi connectivity index (χ2v) is 5.32. The SMILES string of the molecule is CC(=O)N1c2ccc(-c3cn[nH]c3)cc2N(C(=O)O)C[C@@H]1C. The quantitative estimate of drug-likeness (QED) is 0.845. The molecule has 7 heteroatoms. The summed E-state index contributed by atoms with van der Waals surface area (Å²) in [5, 5.41) is 16.1. The monoisotopic (exact) mass is 300 g/mol. The molecule has 0 fully saturated rings. The number of nitrogens with one attached hydrogen (secondary N) is 1. The highest BCUT2D eigenvalue weighted by atomic mass is 16.4. The maximum absolute atomic E-state index is 11.9. The summed E-state index contributed by atoms with van der Waals surface area (Å²) < 4.78 is 0. The molecule has 2 N–H and O–H groups in total. The van der Waals surface area contributed by atoms with Crippen LogP contribution in [0, 0.1) is 0 Å². The summed E-state index contributed by atoms with van der Waals surface area (Å²) in [4.78, 5) is 26.4. The third-order valence-electron chi connectivity index (χ3n) is 3.82. The molecule has 1 aliphatic rings. The molecule has 22 heavy (non-hydrogen) atoms. The molecule has 1 atom stereocenters. The van der Waals surface area contributed by atoms with Crippen LogP contribution in [0.1, 0.15) is 13.8 Å². The van der Waals surface area contributed by atoms with Gasteiger partial charge in [-0.25, -0.2) is 4.79 Å². The minimum absolute atomic E-state index is 0.102. The van der Waals surface area contributed by atoms with Crippen molar-refractivity contribution < 1.29 is 14.7 Å². The molecular formula is C15H16N4O3. The van der Waals surface area contributed by atoms with Crippen molar-refractivity contribution in [2.75, 3.05) is 16.3 Å². The van der Waals surface area contributed by atoms with Gasteiger partial charge in [0.25, 0.3) is 0 Å². The van der Waals surface area contributed by atoms with E-state index in [1.54, 1.807) is 29.4 Å². The number of anilines is 2. The Morgan fingerprint density at radius 2 is 2.09 bits per heavy atom. The van der Waals surface area contributed by atoms with E-state index in [0.717, 1.165) is 11.1 Å². The maximum atomic E-state index is 11.9. The Morgan fingerprint density at radius 1 is 1.32 bits per heavy atom. The first-order chi connectivity index (χ1) is 10.5. The molecule has 2 amide bonds. The lowest BCUT2D eigenvalue weighted by molar-refractivity contribution is -0.117. The van der Waals surface area contributed by atoms with Crippen molar-refractivity contribution in [1.82, 2.24) is 10.2 Å². The second-order valence-electron chi connectivity index (χ2n) is 5.32. The van der Waals surface area contributed by atoms with Gasteiger partial charge in [-0.2, -0.15) is 5.10 Å². The van der Waals surface area contributed by atoms with Gasteiger partial charge in [0.2, 0.25) is 5.91 Å². The minimum atomic E-state index is -1.03. The molecule has 1 aliphatic heterocycles. The molecule has 0 bridgehead atoms. The maximum Gasteiger partial charge on any atom is 0.411 e. The van der Waals surface area contributed by atoms with E-state index >= 15 is 0 Å². The Kier molecular flexibility index (Phi) is 3.32. The molecule has 0 saturated carbocycles. The van der Waals surface area contributed by atoms with Gasteiger partial charge >= 0.3 is 6.09 Å². The number of H-pyrrole nitrogens is 1. The van der Waals surface area contributed by atoms with Gasteiger partial charge in [0, 0.05) is 25.2 Å². The molecule has 0 spiro atoms. The number of carbonyl (C=O) groups excluding carboxylic acids is 1. The van der Waals surface area contributed by atoms with Crippen LogP contribution in [0.5, 0.6) is 0 Å². The van der Waals surface area contributed by atoms with Crippen LogP contribution in [-0.2, 0) is 4.79 Å². The van der Waals surface area contributed by atoms with Crippen LogP contribution in [0.25, 0.3) is 11.1 Å². The summed E-state index contributed by atoms with van der Waals surface area (Å²) >= 11 is 0. The third kappa shape index (κ3) is 2.20. The number of aromatic amines is 1. The van der Waals surface area contributed by atoms with E-state index in [9.17, 15) is 14.7 Å². The largest absolute Gasteiger partial charge is 0.465 e. The Labute approximate surface area is 127 Å². The van der Waals surface area contributed by atoms with Crippen LogP contribution >= 0.6 is 0 Å². The van der Waals surface area contributed by atoms with E-state index in [1.165, 1.54) is 11.8 Å². The summed E-state index contributed by atoms with van der Waals surface area (Å²) in [6.07, 6.45) is 2.38. The van der Waals surface area contributed by atoms with Gasteiger partial charge in [0.15, 0.2) is 0 Å². The number of hydrogen-bond acceptors (Lipinski definition) is 3. The van der Waals surface area contributed by atoms with Gasteiger partial charge in [-0.1, -0.05) is 6.07 Å². The number of benzene rings is 1. The highest BCUT2D eigenvalue weighted by molar-refractivity contribution is 6.02. The summed E-state index contributed by atoms with van der Waals surface area (Å²) in [5.74, 6) is -0.102. The predicted molar refractivity (Wildman–Crippen MR) is 82.0 cm³/mol. The summed E-state index contributed by atoms with van der Waals surface area (Å²) in [5.41, 5.74) is 2.83. The molecule has 0 saturated heterocycles. The van der Waals surface area contributed by atoms with Gasteiger partial charge in [-0.05, 0) is 24.6 Å². The zero-order chi connectivity index (χ0) is 15.9. The highest BCUT2D eigenvalue weighted by Crippen LogP contribution is 2.38. The number of fused-ring (bicyclic) bond motifs is 1. The number of hydrogen-bond donors (Lipinski definition) is 2. The first-order valence-electron chi connectivity index (χ1n) is 6.92. The van der Waals surface area contributed by atoms with Gasteiger partial charge in [-0.15, -0.1) is 0 Å². The summed E-state index contributed by atoms with van der Waals surface area (Å²) in [7, 11) is 0. The second kappa shape index (κ2) is 5.18. The van der Waals surface area contributed by atoms with Crippen molar-refractivity contribution in [2.45, 2.75) is 19.9 Å². The molecule has 0 radical (unpaired) electrons. The molecule has 2 heterocycles. The molecule has 1 aromatic heterocycles. The van der Waals surface area contributed by atoms with Crippen molar-refractivity contribution in [2.24, 2.45) is 0 Å². The number of amides is 2. The van der Waals surface area contributed by atoms with E-state index in [2.05, 4.69) is 10.2 Å². The number of carbonyl (C=O) groups is 2. The average molecular weight is 300 g/mol. The zero-order valence-corrected chi connectivity index (χ0v) is 12.3. The van der Waals surface area contributed by atoms with Crippen molar-refractivity contribution in [3.05, 3.63) is 30.6 Å². The Hall–Kier alpha value is -2.83. The Bertz CT molecular complexity index is 726. The van der Waals surface area contributed by atoms with Crippen LogP contribution in [-0.4, -0.2) is 39.9 Å². The minimum Gasteiger partial charge on any atom is -0.465 e. The van der Waals surface area contributed by atoms with Crippen LogP contribution in [0.15, 0.2) is 30.6 Å². The van der Waals surface area contributed by atoms with Crippen LogP contribution in [0.3, 0.4) is 0 Å². The van der Waals surface area contributed by atoms with Gasteiger partial charge in [0.1, 0.15) is 0 Å². The van der Waals surface area contributed by atoms with Crippen molar-refractivity contribution >= 4 is 23.4 Å². The number of aromatic nitrogens is 2. The van der Waals surface area contributed by atoms with Crippen LogP contribution in [0.2, 0.25) is 0 Å². The van der Waals surface area contributed by atoms with E-state index in [0.29, 0.717) is 11.4 Å². The molecule has 0 aliphatic carbocycles. The van der Waals surface area contributed by atoms with Crippen molar-refractivity contribution in [1.29, 1.82) is 0 Å². The fourth-order valence-electron chi connectivity index (χ4n) is 2.87. The van der Waals surface area contributed by atoms with E-state index < -0.39 is 6.09 Å². The molecule has 114 valence electrons. The lowest BCUT2D eigenvalue weighted by Gasteiger charge is -2.39. The standard InChI is InChI=1S/C15H16N4O3/c1-9-8-18(15(21)22)14-5-11(12-6-16-17-7-12)3-4-13(14)19(9)10(2)20/h3-7,9H,8H2,1-2H3,(H,16,17)(H,21,22)/t9-/m0/s1. The van der Waals surface area contributed by atoms with Crippen molar-refractivity contribution in [3.63, 3.8) is 0 Å². The van der Waals surface area contributed by atoms with Gasteiger partial charge < -0.3 is 10.0 Å². The topological polar surface area (TPSA) is 89.5 Å². The molecule has 3 rings (SSSR count). The van der Waals surface area contributed by atoms with Crippen molar-refractivity contribution in [3.8, 4) is 11.1 Å².